The highest BCUT2D eigenvalue weighted by molar-refractivity contribution is 5.87. The van der Waals surface area contributed by atoms with Crippen LogP contribution in [0.3, 0.4) is 0 Å². The third-order valence-electron chi connectivity index (χ3n) is 6.07. The summed E-state index contributed by atoms with van der Waals surface area (Å²) in [5, 5.41) is 14.3. The molecule has 0 unspecified atom stereocenters. The molecule has 1 amide bonds. The Morgan fingerprint density at radius 3 is 2.58 bits per heavy atom. The highest BCUT2D eigenvalue weighted by Crippen LogP contribution is 2.24. The molecule has 0 saturated carbocycles. The monoisotopic (exact) mass is 515 g/mol. The number of H-pyrrole nitrogens is 1. The summed E-state index contributed by atoms with van der Waals surface area (Å²) in [6.07, 6.45) is 4.03. The summed E-state index contributed by atoms with van der Waals surface area (Å²) in [5.41, 5.74) is 2.52. The van der Waals surface area contributed by atoms with Gasteiger partial charge in [0.1, 0.15) is 5.75 Å². The van der Waals surface area contributed by atoms with Crippen molar-refractivity contribution in [2.45, 2.75) is 39.0 Å². The molecule has 0 atom stereocenters. The number of benzene rings is 2. The number of unbranched alkanes of at least 4 members (excludes halogenated alkanes) is 1. The molecule has 0 saturated heterocycles. The number of nitrogens with one attached hydrogen (secondary N) is 2. The van der Waals surface area contributed by atoms with E-state index < -0.39 is 0 Å². The topological polar surface area (TPSA) is 94.7 Å². The number of hydrogen-bond donors (Lipinski definition) is 3. The first kappa shape index (κ1) is 29.4. The SMILES string of the molecule is CCCCN(CCNCCc1ccc(O)c2[nH]c(=O)ccc12)C(=O)CCOCCc1ccccc1.Cl. The van der Waals surface area contributed by atoms with E-state index in [9.17, 15) is 14.7 Å². The van der Waals surface area contributed by atoms with Gasteiger partial charge in [0.2, 0.25) is 11.5 Å². The van der Waals surface area contributed by atoms with Gasteiger partial charge >= 0.3 is 0 Å². The van der Waals surface area contributed by atoms with Gasteiger partial charge in [0.25, 0.3) is 0 Å². The Kier molecular flexibility index (Phi) is 13.0. The van der Waals surface area contributed by atoms with E-state index in [-0.39, 0.29) is 29.6 Å². The van der Waals surface area contributed by atoms with Crippen molar-refractivity contribution in [3.05, 3.63) is 76.1 Å². The fourth-order valence-electron chi connectivity index (χ4n) is 4.04. The molecule has 3 N–H and O–H groups in total. The van der Waals surface area contributed by atoms with Crippen LogP contribution >= 0.6 is 12.4 Å². The molecule has 2 aromatic carbocycles. The molecule has 7 nitrogen and oxygen atoms in total. The van der Waals surface area contributed by atoms with Crippen LogP contribution in [0.5, 0.6) is 5.75 Å². The van der Waals surface area contributed by atoms with Gasteiger partial charge in [-0.05, 0) is 49.1 Å². The second-order valence-electron chi connectivity index (χ2n) is 8.69. The van der Waals surface area contributed by atoms with Gasteiger partial charge in [0.05, 0.1) is 25.2 Å². The lowest BCUT2D eigenvalue weighted by atomic mass is 10.0. The summed E-state index contributed by atoms with van der Waals surface area (Å²) in [6.45, 7) is 6.05. The molecule has 3 aromatic rings. The molecule has 0 fully saturated rings. The minimum Gasteiger partial charge on any atom is -0.506 e. The highest BCUT2D eigenvalue weighted by atomic mass is 35.5. The number of fused-ring (bicyclic) bond motifs is 1. The lowest BCUT2D eigenvalue weighted by molar-refractivity contribution is -0.132. The zero-order valence-corrected chi connectivity index (χ0v) is 21.8. The number of ether oxygens (including phenoxy) is 1. The molecule has 0 radical (unpaired) electrons. The van der Waals surface area contributed by atoms with Crippen LogP contribution < -0.4 is 10.9 Å². The number of phenols is 1. The quantitative estimate of drug-likeness (QED) is 0.265. The van der Waals surface area contributed by atoms with E-state index in [0.29, 0.717) is 38.2 Å². The fraction of sp³-hybridized carbons (Fsp3) is 0.429. The predicted molar refractivity (Wildman–Crippen MR) is 147 cm³/mol. The maximum Gasteiger partial charge on any atom is 0.248 e. The first-order chi connectivity index (χ1) is 17.1. The van der Waals surface area contributed by atoms with Gasteiger partial charge in [-0.2, -0.15) is 0 Å². The van der Waals surface area contributed by atoms with Crippen LogP contribution in [-0.4, -0.2) is 60.3 Å². The predicted octanol–water partition coefficient (Wildman–Crippen LogP) is 4.07. The van der Waals surface area contributed by atoms with Gasteiger partial charge in [0, 0.05) is 31.1 Å². The molecule has 8 heteroatoms. The Morgan fingerprint density at radius 1 is 1.00 bits per heavy atom. The second kappa shape index (κ2) is 16.0. The minimum absolute atomic E-state index is 0. The molecule has 0 bridgehead atoms. The molecule has 1 heterocycles. The van der Waals surface area contributed by atoms with E-state index in [2.05, 4.69) is 29.4 Å². The van der Waals surface area contributed by atoms with E-state index >= 15 is 0 Å². The number of aromatic amines is 1. The molecule has 36 heavy (non-hydrogen) atoms. The Morgan fingerprint density at radius 2 is 1.81 bits per heavy atom. The number of nitrogens with zero attached hydrogens (tertiary/aromatic N) is 1. The van der Waals surface area contributed by atoms with E-state index in [4.69, 9.17) is 4.74 Å². The van der Waals surface area contributed by atoms with E-state index in [1.54, 1.807) is 12.1 Å². The normalized spacial score (nSPS) is 10.8. The lowest BCUT2D eigenvalue weighted by Gasteiger charge is -2.23. The van der Waals surface area contributed by atoms with E-state index in [0.717, 1.165) is 49.7 Å². The number of hydrogen-bond acceptors (Lipinski definition) is 5. The summed E-state index contributed by atoms with van der Waals surface area (Å²) in [5.74, 6) is 0.206. The van der Waals surface area contributed by atoms with Crippen molar-refractivity contribution in [1.29, 1.82) is 0 Å². The van der Waals surface area contributed by atoms with Crippen molar-refractivity contribution in [2.75, 3.05) is 39.4 Å². The van der Waals surface area contributed by atoms with Crippen LogP contribution in [0.2, 0.25) is 0 Å². The van der Waals surface area contributed by atoms with Crippen molar-refractivity contribution in [3.63, 3.8) is 0 Å². The Labute approximate surface area is 219 Å². The number of halogens is 1. The molecule has 0 aliphatic rings. The maximum atomic E-state index is 12.7. The van der Waals surface area contributed by atoms with Gasteiger partial charge in [-0.15, -0.1) is 12.4 Å². The lowest BCUT2D eigenvalue weighted by Crippen LogP contribution is -2.38. The molecule has 0 aliphatic carbocycles. The average Bonchev–Trinajstić information content (AvgIpc) is 2.87. The molecular weight excluding hydrogens is 478 g/mol. The van der Waals surface area contributed by atoms with Gasteiger partial charge < -0.3 is 25.0 Å². The Bertz CT molecular complexity index is 1120. The van der Waals surface area contributed by atoms with Gasteiger partial charge in [0.15, 0.2) is 0 Å². The number of aromatic nitrogens is 1. The largest absolute Gasteiger partial charge is 0.506 e. The van der Waals surface area contributed by atoms with Crippen LogP contribution in [0.1, 0.15) is 37.3 Å². The molecular formula is C28H38ClN3O4. The van der Waals surface area contributed by atoms with Crippen LogP contribution in [0.15, 0.2) is 59.4 Å². The molecule has 3 rings (SSSR count). The number of pyridine rings is 1. The third kappa shape index (κ3) is 9.30. The zero-order chi connectivity index (χ0) is 24.9. The second-order valence-corrected chi connectivity index (χ2v) is 8.69. The number of rotatable bonds is 15. The van der Waals surface area contributed by atoms with Crippen LogP contribution in [0.4, 0.5) is 0 Å². The van der Waals surface area contributed by atoms with Crippen molar-refractivity contribution in [3.8, 4) is 5.75 Å². The summed E-state index contributed by atoms with van der Waals surface area (Å²) in [4.78, 5) is 28.9. The third-order valence-corrected chi connectivity index (χ3v) is 6.07. The van der Waals surface area contributed by atoms with Crippen molar-refractivity contribution in [1.82, 2.24) is 15.2 Å². The highest BCUT2D eigenvalue weighted by Gasteiger charge is 2.13. The zero-order valence-electron chi connectivity index (χ0n) is 21.0. The number of amides is 1. The average molecular weight is 516 g/mol. The summed E-state index contributed by atoms with van der Waals surface area (Å²) in [7, 11) is 0. The molecule has 0 spiro atoms. The smallest absolute Gasteiger partial charge is 0.248 e. The van der Waals surface area contributed by atoms with E-state index in [1.807, 2.05) is 29.2 Å². The Balaban J connectivity index is 0.00000456. The number of aromatic hydroxyl groups is 1. The van der Waals surface area contributed by atoms with Crippen LogP contribution in [0, 0.1) is 0 Å². The van der Waals surface area contributed by atoms with Crippen molar-refractivity contribution < 1.29 is 14.6 Å². The van der Waals surface area contributed by atoms with E-state index in [1.165, 1.54) is 11.6 Å². The number of phenolic OH excluding ortho intramolecular Hbond substituents is 1. The summed E-state index contributed by atoms with van der Waals surface area (Å²) >= 11 is 0. The van der Waals surface area contributed by atoms with Crippen LogP contribution in [-0.2, 0) is 22.4 Å². The standard InChI is InChI=1S/C28H37N3O4.ClH/c1-2-3-18-31(27(34)15-21-35-20-14-22-7-5-4-6-8-22)19-17-29-16-13-23-9-11-25(32)28-24(23)10-12-26(33)30-28;/h4-12,29,32H,2-3,13-21H2,1H3,(H,30,33);1H. The molecule has 196 valence electrons. The number of carbonyl (C=O) groups excluding carboxylic acids is 1. The van der Waals surface area contributed by atoms with Crippen LogP contribution in [0.25, 0.3) is 10.9 Å². The summed E-state index contributed by atoms with van der Waals surface area (Å²) < 4.78 is 5.70. The summed E-state index contributed by atoms with van der Waals surface area (Å²) in [6, 6.07) is 16.9. The number of carbonyl (C=O) groups is 1. The van der Waals surface area contributed by atoms with Gasteiger partial charge in [-0.3, -0.25) is 9.59 Å². The maximum absolute atomic E-state index is 12.7. The molecule has 1 aromatic heterocycles. The molecule has 0 aliphatic heterocycles. The van der Waals surface area contributed by atoms with Crippen molar-refractivity contribution in [2.24, 2.45) is 0 Å². The first-order valence-corrected chi connectivity index (χ1v) is 12.5. The fourth-order valence-corrected chi connectivity index (χ4v) is 4.04. The Hall–Kier alpha value is -2.87. The first-order valence-electron chi connectivity index (χ1n) is 12.5. The minimum atomic E-state index is -0.235. The van der Waals surface area contributed by atoms with Gasteiger partial charge in [-0.1, -0.05) is 49.7 Å². The van der Waals surface area contributed by atoms with Crippen molar-refractivity contribution >= 4 is 29.2 Å². The van der Waals surface area contributed by atoms with Gasteiger partial charge in [-0.25, -0.2) is 0 Å².